The van der Waals surface area contributed by atoms with E-state index in [1.54, 1.807) is 37.3 Å². The van der Waals surface area contributed by atoms with Gasteiger partial charge in [-0.3, -0.25) is 14.3 Å². The van der Waals surface area contributed by atoms with Crippen molar-refractivity contribution < 1.29 is 18.0 Å². The highest BCUT2D eigenvalue weighted by molar-refractivity contribution is 7.92. The lowest BCUT2D eigenvalue weighted by Crippen LogP contribution is -2.37. The number of anilines is 2. The molecule has 0 saturated heterocycles. The first-order valence-corrected chi connectivity index (χ1v) is 12.0. The predicted molar refractivity (Wildman–Crippen MR) is 121 cm³/mol. The first-order valence-electron chi connectivity index (χ1n) is 10.5. The van der Waals surface area contributed by atoms with Gasteiger partial charge in [0.05, 0.1) is 11.4 Å². The maximum absolute atomic E-state index is 12.9. The van der Waals surface area contributed by atoms with Gasteiger partial charge in [0.15, 0.2) is 0 Å². The summed E-state index contributed by atoms with van der Waals surface area (Å²) in [4.78, 5) is 24.6. The van der Waals surface area contributed by atoms with Crippen LogP contribution in [-0.4, -0.2) is 26.8 Å². The van der Waals surface area contributed by atoms with Gasteiger partial charge in [0.2, 0.25) is 11.8 Å². The van der Waals surface area contributed by atoms with E-state index < -0.39 is 15.9 Å². The van der Waals surface area contributed by atoms with E-state index in [2.05, 4.69) is 15.4 Å². The zero-order chi connectivity index (χ0) is 22.4. The Bertz CT molecular complexity index is 1060. The van der Waals surface area contributed by atoms with Gasteiger partial charge in [-0.15, -0.1) is 0 Å². The van der Waals surface area contributed by atoms with Crippen LogP contribution >= 0.6 is 0 Å². The summed E-state index contributed by atoms with van der Waals surface area (Å²) >= 11 is 0. The van der Waals surface area contributed by atoms with Crippen molar-refractivity contribution in [2.24, 2.45) is 5.92 Å². The minimum atomic E-state index is -3.83. The maximum atomic E-state index is 12.9. The van der Waals surface area contributed by atoms with Crippen LogP contribution in [0.15, 0.2) is 47.4 Å². The molecule has 166 valence electrons. The molecule has 31 heavy (non-hydrogen) atoms. The fourth-order valence-electron chi connectivity index (χ4n) is 3.77. The average Bonchev–Trinajstić information content (AvgIpc) is 2.73. The number of carbonyl (C=O) groups is 2. The Morgan fingerprint density at radius 2 is 1.71 bits per heavy atom. The van der Waals surface area contributed by atoms with Crippen LogP contribution < -0.4 is 15.4 Å². The van der Waals surface area contributed by atoms with E-state index in [4.69, 9.17) is 0 Å². The molecule has 0 unspecified atom stereocenters. The normalized spacial score (nSPS) is 14.6. The second-order valence-corrected chi connectivity index (χ2v) is 9.71. The van der Waals surface area contributed by atoms with E-state index in [1.165, 1.54) is 6.07 Å². The lowest BCUT2D eigenvalue weighted by atomic mass is 9.89. The van der Waals surface area contributed by atoms with E-state index >= 15 is 0 Å². The van der Waals surface area contributed by atoms with Crippen molar-refractivity contribution in [2.45, 2.75) is 50.8 Å². The summed E-state index contributed by atoms with van der Waals surface area (Å²) in [5.74, 6) is -0.516. The van der Waals surface area contributed by atoms with Crippen LogP contribution in [0.4, 0.5) is 11.4 Å². The number of nitrogens with one attached hydrogen (secondary N) is 3. The number of amides is 2. The highest BCUT2D eigenvalue weighted by Crippen LogP contribution is 2.24. The third kappa shape index (κ3) is 6.30. The van der Waals surface area contributed by atoms with Crippen molar-refractivity contribution in [2.75, 3.05) is 16.6 Å². The van der Waals surface area contributed by atoms with E-state index in [-0.39, 0.29) is 23.3 Å². The molecule has 7 nitrogen and oxygen atoms in total. The number of aryl methyl sites for hydroxylation is 2. The molecular weight excluding hydrogens is 414 g/mol. The van der Waals surface area contributed by atoms with Crippen LogP contribution in [0.5, 0.6) is 0 Å². The third-order valence-corrected chi connectivity index (χ3v) is 6.95. The fraction of sp³-hybridized carbons (Fsp3) is 0.391. The molecule has 0 bridgehead atoms. The zero-order valence-corrected chi connectivity index (χ0v) is 18.7. The van der Waals surface area contributed by atoms with Gasteiger partial charge < -0.3 is 10.6 Å². The Morgan fingerprint density at radius 3 is 2.42 bits per heavy atom. The lowest BCUT2D eigenvalue weighted by Gasteiger charge is -2.20. The summed E-state index contributed by atoms with van der Waals surface area (Å²) in [7, 11) is -3.83. The summed E-state index contributed by atoms with van der Waals surface area (Å²) in [6, 6.07) is 11.8. The number of hydrogen-bond donors (Lipinski definition) is 3. The minimum absolute atomic E-state index is 0.0228. The van der Waals surface area contributed by atoms with Crippen molar-refractivity contribution in [3.8, 4) is 0 Å². The van der Waals surface area contributed by atoms with Gasteiger partial charge in [-0.2, -0.15) is 0 Å². The van der Waals surface area contributed by atoms with Gasteiger partial charge in [-0.25, -0.2) is 8.42 Å². The lowest BCUT2D eigenvalue weighted by molar-refractivity contribution is -0.128. The number of rotatable bonds is 7. The molecular formula is C23H29N3O4S. The first-order chi connectivity index (χ1) is 14.7. The van der Waals surface area contributed by atoms with Crippen molar-refractivity contribution in [3.05, 3.63) is 53.6 Å². The summed E-state index contributed by atoms with van der Waals surface area (Å²) in [6.45, 7) is 3.43. The van der Waals surface area contributed by atoms with Crippen molar-refractivity contribution in [3.63, 3.8) is 0 Å². The summed E-state index contributed by atoms with van der Waals surface area (Å²) < 4.78 is 28.3. The molecule has 2 aromatic carbocycles. The quantitative estimate of drug-likeness (QED) is 0.606. The van der Waals surface area contributed by atoms with Crippen molar-refractivity contribution in [1.29, 1.82) is 0 Å². The Labute approximate surface area is 183 Å². The average molecular weight is 444 g/mol. The molecule has 1 aliphatic rings. The van der Waals surface area contributed by atoms with Gasteiger partial charge >= 0.3 is 0 Å². The topological polar surface area (TPSA) is 104 Å². The van der Waals surface area contributed by atoms with E-state index in [9.17, 15) is 18.0 Å². The smallest absolute Gasteiger partial charge is 0.262 e. The SMILES string of the molecule is Cc1cccc(NS(=O)(=O)c2cc(NC(=O)CNC(=O)C3CCCCC3)ccc2C)c1. The maximum Gasteiger partial charge on any atom is 0.262 e. The highest BCUT2D eigenvalue weighted by Gasteiger charge is 2.22. The highest BCUT2D eigenvalue weighted by atomic mass is 32.2. The number of sulfonamides is 1. The molecule has 0 aliphatic heterocycles. The molecule has 1 fully saturated rings. The number of benzene rings is 2. The predicted octanol–water partition coefficient (Wildman–Crippen LogP) is 3.74. The van der Waals surface area contributed by atoms with Crippen molar-refractivity contribution in [1.82, 2.24) is 5.32 Å². The summed E-state index contributed by atoms with van der Waals surface area (Å²) in [5, 5.41) is 5.35. The molecule has 2 amide bonds. The summed E-state index contributed by atoms with van der Waals surface area (Å²) in [6.07, 6.45) is 4.96. The molecule has 1 saturated carbocycles. The third-order valence-electron chi connectivity index (χ3n) is 5.43. The van der Waals surface area contributed by atoms with Crippen molar-refractivity contribution >= 4 is 33.2 Å². The van der Waals surface area contributed by atoms with E-state index in [1.807, 2.05) is 13.0 Å². The molecule has 3 N–H and O–H groups in total. The zero-order valence-electron chi connectivity index (χ0n) is 17.9. The Hall–Kier alpha value is -2.87. The van der Waals surface area contributed by atoms with Crippen LogP contribution in [-0.2, 0) is 19.6 Å². The second kappa shape index (κ2) is 9.96. The molecule has 0 atom stereocenters. The Morgan fingerprint density at radius 1 is 0.968 bits per heavy atom. The fourth-order valence-corrected chi connectivity index (χ4v) is 5.09. The Kier molecular flexibility index (Phi) is 7.33. The molecule has 2 aromatic rings. The van der Waals surface area contributed by atoms with Gasteiger partial charge in [-0.1, -0.05) is 37.5 Å². The largest absolute Gasteiger partial charge is 0.347 e. The summed E-state index contributed by atoms with van der Waals surface area (Å²) in [5.41, 5.74) is 2.32. The molecule has 0 heterocycles. The number of hydrogen-bond acceptors (Lipinski definition) is 4. The van der Waals surface area contributed by atoms with Gasteiger partial charge in [0.25, 0.3) is 10.0 Å². The molecule has 0 spiro atoms. The standard InChI is InChI=1S/C23H29N3O4S/c1-16-7-6-10-20(13-16)26-31(29,30)21-14-19(12-11-17(21)2)25-22(27)15-24-23(28)18-8-4-3-5-9-18/h6-7,10-14,18,26H,3-5,8-9,15H2,1-2H3,(H,24,28)(H,25,27). The first kappa shape index (κ1) is 22.8. The minimum Gasteiger partial charge on any atom is -0.347 e. The van der Waals surface area contributed by atoms with Crippen LogP contribution in [0.2, 0.25) is 0 Å². The second-order valence-electron chi connectivity index (χ2n) is 8.06. The van der Waals surface area contributed by atoms with Crippen LogP contribution in [0.3, 0.4) is 0 Å². The molecule has 0 radical (unpaired) electrons. The number of carbonyl (C=O) groups excluding carboxylic acids is 2. The van der Waals surface area contributed by atoms with E-state index in [0.29, 0.717) is 16.9 Å². The van der Waals surface area contributed by atoms with Gasteiger partial charge in [-0.05, 0) is 62.1 Å². The monoisotopic (exact) mass is 443 g/mol. The van der Waals surface area contributed by atoms with Crippen LogP contribution in [0, 0.1) is 19.8 Å². The van der Waals surface area contributed by atoms with Gasteiger partial charge in [0, 0.05) is 17.3 Å². The molecule has 0 aromatic heterocycles. The molecule has 3 rings (SSSR count). The molecule has 1 aliphatic carbocycles. The van der Waals surface area contributed by atoms with Gasteiger partial charge in [0.1, 0.15) is 0 Å². The van der Waals surface area contributed by atoms with Crippen LogP contribution in [0.25, 0.3) is 0 Å². The van der Waals surface area contributed by atoms with Crippen LogP contribution in [0.1, 0.15) is 43.2 Å². The Balaban J connectivity index is 1.64. The van der Waals surface area contributed by atoms with E-state index in [0.717, 1.165) is 37.7 Å². The molecule has 8 heteroatoms.